The highest BCUT2D eigenvalue weighted by atomic mass is 35.5. The van der Waals surface area contributed by atoms with Gasteiger partial charge in [-0.25, -0.2) is 4.79 Å². The molecule has 0 heterocycles. The standard InChI is InChI=1S/C11H13ClO3/c1-3-7(2)15-10-5-4-8(12)6-9(10)11(13)14/h4-7H,3H2,1-2H3,(H,13,14). The first-order chi connectivity index (χ1) is 7.04. The number of hydrogen-bond donors (Lipinski definition) is 1. The van der Waals surface area contributed by atoms with Gasteiger partial charge < -0.3 is 9.84 Å². The Labute approximate surface area is 93.6 Å². The summed E-state index contributed by atoms with van der Waals surface area (Å²) in [5, 5.41) is 9.33. The van der Waals surface area contributed by atoms with Crippen molar-refractivity contribution in [3.05, 3.63) is 28.8 Å². The predicted molar refractivity (Wildman–Crippen MR) is 58.8 cm³/mol. The molecule has 0 radical (unpaired) electrons. The van der Waals surface area contributed by atoms with E-state index in [2.05, 4.69) is 0 Å². The van der Waals surface area contributed by atoms with E-state index in [-0.39, 0.29) is 11.7 Å². The first-order valence-corrected chi connectivity index (χ1v) is 5.12. The molecule has 0 saturated heterocycles. The molecule has 15 heavy (non-hydrogen) atoms. The summed E-state index contributed by atoms with van der Waals surface area (Å²) in [6.07, 6.45) is 0.811. The minimum Gasteiger partial charge on any atom is -0.490 e. The van der Waals surface area contributed by atoms with Gasteiger partial charge in [-0.1, -0.05) is 18.5 Å². The third-order valence-corrected chi connectivity index (χ3v) is 2.31. The van der Waals surface area contributed by atoms with Crippen LogP contribution in [0, 0.1) is 0 Å². The van der Waals surface area contributed by atoms with Gasteiger partial charge in [0.1, 0.15) is 11.3 Å². The summed E-state index contributed by atoms with van der Waals surface area (Å²) in [5.41, 5.74) is 0.0998. The van der Waals surface area contributed by atoms with Crippen LogP contribution < -0.4 is 4.74 Å². The van der Waals surface area contributed by atoms with E-state index in [1.54, 1.807) is 12.1 Å². The Morgan fingerprint density at radius 3 is 2.80 bits per heavy atom. The third kappa shape index (κ3) is 3.13. The molecule has 0 aliphatic heterocycles. The van der Waals surface area contributed by atoms with E-state index in [1.807, 2.05) is 13.8 Å². The summed E-state index contributed by atoms with van der Waals surface area (Å²) in [5.74, 6) is -0.669. The lowest BCUT2D eigenvalue weighted by molar-refractivity contribution is 0.0689. The molecule has 0 bridgehead atoms. The quantitative estimate of drug-likeness (QED) is 0.861. The molecule has 0 fully saturated rings. The number of ether oxygens (including phenoxy) is 1. The number of hydrogen-bond acceptors (Lipinski definition) is 2. The highest BCUT2D eigenvalue weighted by Crippen LogP contribution is 2.24. The van der Waals surface area contributed by atoms with E-state index < -0.39 is 5.97 Å². The number of carbonyl (C=O) groups is 1. The van der Waals surface area contributed by atoms with Crippen molar-refractivity contribution in [2.75, 3.05) is 0 Å². The summed E-state index contributed by atoms with van der Waals surface area (Å²) in [7, 11) is 0. The van der Waals surface area contributed by atoms with Crippen LogP contribution in [0.5, 0.6) is 5.75 Å². The molecule has 0 amide bonds. The van der Waals surface area contributed by atoms with Gasteiger partial charge in [-0.05, 0) is 31.5 Å². The van der Waals surface area contributed by atoms with Crippen LogP contribution in [0.4, 0.5) is 0 Å². The molecule has 0 aliphatic carbocycles. The monoisotopic (exact) mass is 228 g/mol. The number of carboxylic acid groups (broad SMARTS) is 1. The van der Waals surface area contributed by atoms with Crippen molar-refractivity contribution in [3.63, 3.8) is 0 Å². The maximum Gasteiger partial charge on any atom is 0.339 e. The van der Waals surface area contributed by atoms with Gasteiger partial charge in [0.2, 0.25) is 0 Å². The second-order valence-corrected chi connectivity index (χ2v) is 3.72. The van der Waals surface area contributed by atoms with Gasteiger partial charge in [0.25, 0.3) is 0 Å². The second-order valence-electron chi connectivity index (χ2n) is 3.28. The maximum absolute atomic E-state index is 10.9. The van der Waals surface area contributed by atoms with Crippen molar-refractivity contribution in [1.29, 1.82) is 0 Å². The zero-order chi connectivity index (χ0) is 11.4. The molecular weight excluding hydrogens is 216 g/mol. The highest BCUT2D eigenvalue weighted by molar-refractivity contribution is 6.31. The minimum absolute atomic E-state index is 0.00993. The first kappa shape index (κ1) is 11.9. The predicted octanol–water partition coefficient (Wildman–Crippen LogP) is 3.22. The SMILES string of the molecule is CCC(C)Oc1ccc(Cl)cc1C(=O)O. The Kier molecular flexibility index (Phi) is 3.97. The topological polar surface area (TPSA) is 46.5 Å². The minimum atomic E-state index is -1.03. The fraction of sp³-hybridized carbons (Fsp3) is 0.364. The smallest absolute Gasteiger partial charge is 0.339 e. The molecule has 0 aliphatic rings. The molecule has 4 heteroatoms. The van der Waals surface area contributed by atoms with E-state index in [0.29, 0.717) is 10.8 Å². The van der Waals surface area contributed by atoms with E-state index in [4.69, 9.17) is 21.4 Å². The van der Waals surface area contributed by atoms with Gasteiger partial charge in [0, 0.05) is 5.02 Å². The Morgan fingerprint density at radius 2 is 2.27 bits per heavy atom. The molecule has 0 saturated carbocycles. The van der Waals surface area contributed by atoms with Crippen LogP contribution in [0.15, 0.2) is 18.2 Å². The molecule has 1 rings (SSSR count). The summed E-state index contributed by atoms with van der Waals surface area (Å²) < 4.78 is 5.47. The Morgan fingerprint density at radius 1 is 1.60 bits per heavy atom. The summed E-state index contributed by atoms with van der Waals surface area (Å²) in [4.78, 5) is 10.9. The van der Waals surface area contributed by atoms with Crippen LogP contribution in [0.3, 0.4) is 0 Å². The Hall–Kier alpha value is -1.22. The van der Waals surface area contributed by atoms with Gasteiger partial charge in [-0.3, -0.25) is 0 Å². The van der Waals surface area contributed by atoms with Crippen LogP contribution in [-0.4, -0.2) is 17.2 Å². The average molecular weight is 229 g/mol. The lowest BCUT2D eigenvalue weighted by Crippen LogP contribution is -2.12. The van der Waals surface area contributed by atoms with Crippen LogP contribution in [0.25, 0.3) is 0 Å². The van der Waals surface area contributed by atoms with Crippen molar-refractivity contribution in [3.8, 4) is 5.75 Å². The number of rotatable bonds is 4. The average Bonchev–Trinajstić information content (AvgIpc) is 2.20. The molecule has 0 spiro atoms. The molecule has 3 nitrogen and oxygen atoms in total. The zero-order valence-corrected chi connectivity index (χ0v) is 9.41. The molecule has 0 aromatic heterocycles. The van der Waals surface area contributed by atoms with Gasteiger partial charge in [0.15, 0.2) is 0 Å². The van der Waals surface area contributed by atoms with Crippen molar-refractivity contribution < 1.29 is 14.6 Å². The lowest BCUT2D eigenvalue weighted by atomic mass is 10.2. The highest BCUT2D eigenvalue weighted by Gasteiger charge is 2.13. The van der Waals surface area contributed by atoms with Crippen molar-refractivity contribution >= 4 is 17.6 Å². The summed E-state index contributed by atoms with van der Waals surface area (Å²) >= 11 is 5.71. The maximum atomic E-state index is 10.9. The van der Waals surface area contributed by atoms with E-state index in [9.17, 15) is 4.79 Å². The lowest BCUT2D eigenvalue weighted by Gasteiger charge is -2.14. The first-order valence-electron chi connectivity index (χ1n) is 4.74. The molecule has 82 valence electrons. The largest absolute Gasteiger partial charge is 0.490 e. The molecule has 1 aromatic rings. The number of halogens is 1. The van der Waals surface area contributed by atoms with Gasteiger partial charge in [-0.2, -0.15) is 0 Å². The van der Waals surface area contributed by atoms with E-state index in [0.717, 1.165) is 6.42 Å². The fourth-order valence-electron chi connectivity index (χ4n) is 1.07. The molecular formula is C11H13ClO3. The fourth-order valence-corrected chi connectivity index (χ4v) is 1.24. The van der Waals surface area contributed by atoms with Crippen molar-refractivity contribution in [1.82, 2.24) is 0 Å². The van der Waals surface area contributed by atoms with Crippen LogP contribution >= 0.6 is 11.6 Å². The van der Waals surface area contributed by atoms with Crippen LogP contribution in [-0.2, 0) is 0 Å². The van der Waals surface area contributed by atoms with Crippen LogP contribution in [0.2, 0.25) is 5.02 Å². The van der Waals surface area contributed by atoms with E-state index in [1.165, 1.54) is 6.07 Å². The third-order valence-electron chi connectivity index (χ3n) is 2.08. The van der Waals surface area contributed by atoms with Crippen LogP contribution in [0.1, 0.15) is 30.6 Å². The second kappa shape index (κ2) is 5.03. The molecule has 1 atom stereocenters. The summed E-state index contributed by atoms with van der Waals surface area (Å²) in [6, 6.07) is 4.59. The number of carboxylic acids is 1. The molecule has 1 unspecified atom stereocenters. The van der Waals surface area contributed by atoms with Crippen molar-refractivity contribution in [2.24, 2.45) is 0 Å². The Balaban J connectivity index is 3.01. The number of aromatic carboxylic acids is 1. The number of benzene rings is 1. The van der Waals surface area contributed by atoms with Crippen molar-refractivity contribution in [2.45, 2.75) is 26.4 Å². The summed E-state index contributed by atoms with van der Waals surface area (Å²) in [6.45, 7) is 3.86. The van der Waals surface area contributed by atoms with E-state index >= 15 is 0 Å². The molecule has 1 N–H and O–H groups in total. The zero-order valence-electron chi connectivity index (χ0n) is 8.66. The molecule has 1 aromatic carbocycles. The normalized spacial score (nSPS) is 12.2. The van der Waals surface area contributed by atoms with Gasteiger partial charge in [0.05, 0.1) is 6.10 Å². The van der Waals surface area contributed by atoms with Gasteiger partial charge in [-0.15, -0.1) is 0 Å². The Bertz CT molecular complexity index is 363. The van der Waals surface area contributed by atoms with Gasteiger partial charge >= 0.3 is 5.97 Å².